The van der Waals surface area contributed by atoms with Crippen molar-refractivity contribution in [3.05, 3.63) is 23.9 Å². The molecule has 1 unspecified atom stereocenters. The summed E-state index contributed by atoms with van der Waals surface area (Å²) in [4.78, 5) is 7.10. The molecule has 1 aromatic heterocycles. The van der Waals surface area contributed by atoms with Gasteiger partial charge in [-0.15, -0.1) is 0 Å². The second-order valence-electron chi connectivity index (χ2n) is 6.20. The van der Waals surface area contributed by atoms with E-state index in [4.69, 9.17) is 0 Å². The maximum Gasteiger partial charge on any atom is 0.128 e. The first-order valence-corrected chi connectivity index (χ1v) is 7.74. The van der Waals surface area contributed by atoms with Gasteiger partial charge in [-0.05, 0) is 49.7 Å². The molecule has 3 nitrogen and oxygen atoms in total. The van der Waals surface area contributed by atoms with Crippen LogP contribution < -0.4 is 10.2 Å². The SMILES string of the molecule is CC1CCCN(c2ccc(CNC3CC3)cn2)CC1. The normalized spacial score (nSPS) is 24.3. The molecule has 2 aliphatic rings. The van der Waals surface area contributed by atoms with Crippen molar-refractivity contribution in [3.8, 4) is 0 Å². The van der Waals surface area contributed by atoms with E-state index >= 15 is 0 Å². The van der Waals surface area contributed by atoms with Crippen LogP contribution in [0.3, 0.4) is 0 Å². The smallest absolute Gasteiger partial charge is 0.128 e. The Morgan fingerprint density at radius 1 is 1.21 bits per heavy atom. The zero-order chi connectivity index (χ0) is 13.1. The minimum Gasteiger partial charge on any atom is -0.357 e. The van der Waals surface area contributed by atoms with Crippen LogP contribution >= 0.6 is 0 Å². The van der Waals surface area contributed by atoms with E-state index in [0.29, 0.717) is 0 Å². The quantitative estimate of drug-likeness (QED) is 0.901. The topological polar surface area (TPSA) is 28.2 Å². The summed E-state index contributed by atoms with van der Waals surface area (Å²) in [5, 5.41) is 3.53. The molecule has 1 saturated heterocycles. The van der Waals surface area contributed by atoms with E-state index in [1.165, 1.54) is 37.7 Å². The van der Waals surface area contributed by atoms with Gasteiger partial charge in [0.2, 0.25) is 0 Å². The summed E-state index contributed by atoms with van der Waals surface area (Å²) in [5.74, 6) is 2.02. The van der Waals surface area contributed by atoms with E-state index in [2.05, 4.69) is 34.3 Å². The highest BCUT2D eigenvalue weighted by Crippen LogP contribution is 2.22. The van der Waals surface area contributed by atoms with Crippen LogP contribution in [0.4, 0.5) is 5.82 Å². The van der Waals surface area contributed by atoms with Crippen molar-refractivity contribution in [2.24, 2.45) is 5.92 Å². The summed E-state index contributed by atoms with van der Waals surface area (Å²) >= 11 is 0. The molecule has 0 spiro atoms. The molecule has 3 heteroatoms. The Morgan fingerprint density at radius 3 is 2.84 bits per heavy atom. The lowest BCUT2D eigenvalue weighted by molar-refractivity contribution is 0.521. The lowest BCUT2D eigenvalue weighted by Gasteiger charge is -2.21. The lowest BCUT2D eigenvalue weighted by atomic mass is 10.0. The largest absolute Gasteiger partial charge is 0.357 e. The second kappa shape index (κ2) is 5.91. The van der Waals surface area contributed by atoms with Crippen LogP contribution in [-0.4, -0.2) is 24.1 Å². The molecule has 1 atom stereocenters. The lowest BCUT2D eigenvalue weighted by Crippen LogP contribution is -2.25. The monoisotopic (exact) mass is 259 g/mol. The van der Waals surface area contributed by atoms with Crippen LogP contribution in [0.25, 0.3) is 0 Å². The van der Waals surface area contributed by atoms with E-state index in [1.807, 2.05) is 6.20 Å². The molecule has 1 aliphatic carbocycles. The van der Waals surface area contributed by atoms with Crippen molar-refractivity contribution in [3.63, 3.8) is 0 Å². The van der Waals surface area contributed by atoms with Gasteiger partial charge in [-0.1, -0.05) is 13.0 Å². The molecule has 2 fully saturated rings. The van der Waals surface area contributed by atoms with Gasteiger partial charge in [0.05, 0.1) is 0 Å². The summed E-state index contributed by atoms with van der Waals surface area (Å²) in [7, 11) is 0. The van der Waals surface area contributed by atoms with Gasteiger partial charge in [0.15, 0.2) is 0 Å². The summed E-state index contributed by atoms with van der Waals surface area (Å²) in [6.45, 7) is 5.66. The Morgan fingerprint density at radius 2 is 2.11 bits per heavy atom. The molecule has 0 bridgehead atoms. The van der Waals surface area contributed by atoms with Crippen molar-refractivity contribution >= 4 is 5.82 Å². The first-order chi connectivity index (χ1) is 9.31. The maximum atomic E-state index is 4.65. The molecule has 3 rings (SSSR count). The number of nitrogens with one attached hydrogen (secondary N) is 1. The highest BCUT2D eigenvalue weighted by atomic mass is 15.2. The van der Waals surface area contributed by atoms with E-state index in [1.54, 1.807) is 0 Å². The third kappa shape index (κ3) is 3.69. The molecular weight excluding hydrogens is 234 g/mol. The summed E-state index contributed by atoms with van der Waals surface area (Å²) in [5.41, 5.74) is 1.30. The molecule has 1 aromatic rings. The Balaban J connectivity index is 1.57. The molecule has 0 aromatic carbocycles. The Bertz CT molecular complexity index is 397. The molecule has 1 N–H and O–H groups in total. The minimum atomic E-state index is 0.770. The summed E-state index contributed by atoms with van der Waals surface area (Å²) in [6, 6.07) is 5.19. The van der Waals surface area contributed by atoms with Gasteiger partial charge in [-0.25, -0.2) is 4.98 Å². The van der Waals surface area contributed by atoms with Gasteiger partial charge in [0, 0.05) is 31.9 Å². The number of pyridine rings is 1. The maximum absolute atomic E-state index is 4.65. The third-order valence-corrected chi connectivity index (χ3v) is 4.32. The number of rotatable bonds is 4. The standard InChI is InChI=1S/C16H25N3/c1-13-3-2-9-19(10-8-13)16-7-4-14(12-18-16)11-17-15-5-6-15/h4,7,12-13,15,17H,2-3,5-6,8-11H2,1H3. The van der Waals surface area contributed by atoms with Gasteiger partial charge in [0.1, 0.15) is 5.82 Å². The highest BCUT2D eigenvalue weighted by Gasteiger charge is 2.20. The predicted octanol–water partition coefficient (Wildman–Crippen LogP) is 2.96. The number of hydrogen-bond acceptors (Lipinski definition) is 3. The van der Waals surface area contributed by atoms with Crippen LogP contribution in [0.15, 0.2) is 18.3 Å². The van der Waals surface area contributed by atoms with Crippen molar-refractivity contribution < 1.29 is 0 Å². The van der Waals surface area contributed by atoms with Crippen molar-refractivity contribution in [2.75, 3.05) is 18.0 Å². The Labute approximate surface area is 116 Å². The number of hydrogen-bond donors (Lipinski definition) is 1. The zero-order valence-corrected chi connectivity index (χ0v) is 11.9. The zero-order valence-electron chi connectivity index (χ0n) is 11.9. The minimum absolute atomic E-state index is 0.770. The fourth-order valence-corrected chi connectivity index (χ4v) is 2.75. The van der Waals surface area contributed by atoms with Crippen molar-refractivity contribution in [2.45, 2.75) is 51.6 Å². The van der Waals surface area contributed by atoms with Gasteiger partial charge < -0.3 is 10.2 Å². The Kier molecular flexibility index (Phi) is 4.02. The molecule has 104 valence electrons. The van der Waals surface area contributed by atoms with Gasteiger partial charge in [0.25, 0.3) is 0 Å². The average molecular weight is 259 g/mol. The number of nitrogens with zero attached hydrogens (tertiary/aromatic N) is 2. The van der Waals surface area contributed by atoms with E-state index < -0.39 is 0 Å². The van der Waals surface area contributed by atoms with Gasteiger partial charge in [-0.2, -0.15) is 0 Å². The molecule has 19 heavy (non-hydrogen) atoms. The first kappa shape index (κ1) is 12.9. The van der Waals surface area contributed by atoms with Crippen LogP contribution in [-0.2, 0) is 6.54 Å². The summed E-state index contributed by atoms with van der Waals surface area (Å²) in [6.07, 6.45) is 8.69. The average Bonchev–Trinajstić information content (AvgIpc) is 3.25. The fraction of sp³-hybridized carbons (Fsp3) is 0.688. The van der Waals surface area contributed by atoms with Gasteiger partial charge in [-0.3, -0.25) is 0 Å². The fourth-order valence-electron chi connectivity index (χ4n) is 2.75. The molecule has 0 amide bonds. The van der Waals surface area contributed by atoms with E-state index in [0.717, 1.165) is 37.4 Å². The van der Waals surface area contributed by atoms with E-state index in [9.17, 15) is 0 Å². The molecule has 1 aliphatic heterocycles. The molecule has 2 heterocycles. The Hall–Kier alpha value is -1.09. The van der Waals surface area contributed by atoms with Crippen LogP contribution in [0.1, 0.15) is 44.6 Å². The molecule has 1 saturated carbocycles. The molecule has 0 radical (unpaired) electrons. The molecular formula is C16H25N3. The second-order valence-corrected chi connectivity index (χ2v) is 6.20. The van der Waals surface area contributed by atoms with Crippen LogP contribution in [0.2, 0.25) is 0 Å². The van der Waals surface area contributed by atoms with Crippen LogP contribution in [0.5, 0.6) is 0 Å². The first-order valence-electron chi connectivity index (χ1n) is 7.74. The number of anilines is 1. The van der Waals surface area contributed by atoms with Crippen molar-refractivity contribution in [1.82, 2.24) is 10.3 Å². The number of aromatic nitrogens is 1. The third-order valence-electron chi connectivity index (χ3n) is 4.32. The van der Waals surface area contributed by atoms with Crippen molar-refractivity contribution in [1.29, 1.82) is 0 Å². The highest BCUT2D eigenvalue weighted by molar-refractivity contribution is 5.39. The summed E-state index contributed by atoms with van der Waals surface area (Å²) < 4.78 is 0. The predicted molar refractivity (Wildman–Crippen MR) is 79.3 cm³/mol. The van der Waals surface area contributed by atoms with E-state index in [-0.39, 0.29) is 0 Å². The van der Waals surface area contributed by atoms with Gasteiger partial charge >= 0.3 is 0 Å². The van der Waals surface area contributed by atoms with Crippen LogP contribution in [0, 0.1) is 5.92 Å².